The van der Waals surface area contributed by atoms with Gasteiger partial charge in [0.25, 0.3) is 0 Å². The van der Waals surface area contributed by atoms with Crippen LogP contribution in [0.25, 0.3) is 0 Å². The van der Waals surface area contributed by atoms with Crippen LogP contribution in [-0.2, 0) is 47.5 Å². The smallest absolute Gasteiger partial charge is 0.307 e. The molecule has 38 heavy (non-hydrogen) atoms. The largest absolute Gasteiger partial charge is 0.469 e. The van der Waals surface area contributed by atoms with Gasteiger partial charge in [0.05, 0.1) is 93.6 Å². The second-order valence-corrected chi connectivity index (χ2v) is 9.26. The molecule has 0 rings (SSSR count). The number of rotatable bonds is 28. The highest BCUT2D eigenvalue weighted by Gasteiger charge is 2.15. The van der Waals surface area contributed by atoms with Gasteiger partial charge in [0.2, 0.25) is 5.91 Å². The van der Waals surface area contributed by atoms with Gasteiger partial charge >= 0.3 is 5.97 Å². The Morgan fingerprint density at radius 3 is 1.89 bits per heavy atom. The molecular weight excluding hydrogens is 500 g/mol. The summed E-state index contributed by atoms with van der Waals surface area (Å²) in [5, 5.41) is 2.86. The maximum Gasteiger partial charge on any atom is 0.307 e. The van der Waals surface area contributed by atoms with Crippen LogP contribution in [0.5, 0.6) is 0 Å². The van der Waals surface area contributed by atoms with Crippen LogP contribution in [-0.4, -0.2) is 142 Å². The van der Waals surface area contributed by atoms with Crippen LogP contribution >= 0.6 is 0 Å². The fourth-order valence-electron chi connectivity index (χ4n) is 2.93. The molecule has 0 aromatic rings. The van der Waals surface area contributed by atoms with E-state index in [1.807, 2.05) is 6.92 Å². The minimum absolute atomic E-state index is 0.0202. The normalized spacial score (nSPS) is 11.5. The average molecular weight is 552 g/mol. The lowest BCUT2D eigenvalue weighted by atomic mass is 10.2. The molecule has 1 N–H and O–H groups in total. The number of ether oxygens (including phenoxy) is 7. The topological polar surface area (TPSA) is 128 Å². The zero-order valence-electron chi connectivity index (χ0n) is 24.0. The van der Waals surface area contributed by atoms with Gasteiger partial charge in [-0.2, -0.15) is 0 Å². The standard InChI is InChI=1S/C26H50N2O10/c1-5-12-33-18-20-37-22-24(29)7-6-13-34-19-21-38-23-25(30)27-9-10-28(2,3)11-15-36-17-16-35-14-8-26(31)32-4/h5-23H2,1-4H3/p+1. The van der Waals surface area contributed by atoms with Crippen molar-refractivity contribution in [2.24, 2.45) is 0 Å². The Kier molecular flexibility index (Phi) is 24.5. The van der Waals surface area contributed by atoms with E-state index < -0.39 is 0 Å². The molecule has 0 unspecified atom stereocenters. The second kappa shape index (κ2) is 25.6. The van der Waals surface area contributed by atoms with Crippen LogP contribution in [0, 0.1) is 0 Å². The molecule has 224 valence electrons. The molecule has 0 aliphatic heterocycles. The molecule has 0 aliphatic rings. The van der Waals surface area contributed by atoms with Crippen LogP contribution in [0.2, 0.25) is 0 Å². The molecule has 0 aromatic heterocycles. The number of nitrogens with one attached hydrogen (secondary N) is 1. The third kappa shape index (κ3) is 26.0. The van der Waals surface area contributed by atoms with Crippen molar-refractivity contribution in [2.45, 2.75) is 32.6 Å². The summed E-state index contributed by atoms with van der Waals surface area (Å²) in [6, 6.07) is 0. The summed E-state index contributed by atoms with van der Waals surface area (Å²) in [5.41, 5.74) is 0. The van der Waals surface area contributed by atoms with Gasteiger partial charge < -0.3 is 43.0 Å². The van der Waals surface area contributed by atoms with Crippen molar-refractivity contribution in [1.82, 2.24) is 5.32 Å². The summed E-state index contributed by atoms with van der Waals surface area (Å²) < 4.78 is 37.4. The van der Waals surface area contributed by atoms with Crippen molar-refractivity contribution in [3.05, 3.63) is 0 Å². The van der Waals surface area contributed by atoms with Gasteiger partial charge in [-0.1, -0.05) is 6.92 Å². The highest BCUT2D eigenvalue weighted by molar-refractivity contribution is 5.79. The number of methoxy groups -OCH3 is 1. The first-order chi connectivity index (χ1) is 18.3. The molecular formula is C26H51N2O10+. The number of carbonyl (C=O) groups excluding carboxylic acids is 3. The van der Waals surface area contributed by atoms with E-state index in [1.54, 1.807) is 0 Å². The second-order valence-electron chi connectivity index (χ2n) is 9.26. The Morgan fingerprint density at radius 1 is 0.658 bits per heavy atom. The Hall–Kier alpha value is -1.67. The molecule has 0 saturated carbocycles. The fourth-order valence-corrected chi connectivity index (χ4v) is 2.93. The van der Waals surface area contributed by atoms with Crippen molar-refractivity contribution < 1.29 is 52.0 Å². The van der Waals surface area contributed by atoms with Gasteiger partial charge in [0, 0.05) is 19.6 Å². The molecule has 0 spiro atoms. The molecule has 0 fully saturated rings. The van der Waals surface area contributed by atoms with Crippen LogP contribution in [0.4, 0.5) is 0 Å². The lowest BCUT2D eigenvalue weighted by Gasteiger charge is -2.29. The Morgan fingerprint density at radius 2 is 1.24 bits per heavy atom. The third-order valence-electron chi connectivity index (χ3n) is 5.26. The van der Waals surface area contributed by atoms with Gasteiger partial charge in [0.15, 0.2) is 5.78 Å². The highest BCUT2D eigenvalue weighted by Crippen LogP contribution is 1.97. The number of amides is 1. The molecule has 0 bridgehead atoms. The van der Waals surface area contributed by atoms with E-state index in [2.05, 4.69) is 24.1 Å². The number of carbonyl (C=O) groups is 3. The summed E-state index contributed by atoms with van der Waals surface area (Å²) in [5.74, 6) is -0.415. The lowest BCUT2D eigenvalue weighted by Crippen LogP contribution is -2.47. The van der Waals surface area contributed by atoms with E-state index in [0.29, 0.717) is 89.9 Å². The van der Waals surface area contributed by atoms with E-state index in [0.717, 1.165) is 19.5 Å². The Bertz CT molecular complexity index is 605. The summed E-state index contributed by atoms with van der Waals surface area (Å²) >= 11 is 0. The molecule has 0 saturated heterocycles. The van der Waals surface area contributed by atoms with Crippen LogP contribution < -0.4 is 5.32 Å². The molecule has 0 heterocycles. The number of esters is 1. The molecule has 0 atom stereocenters. The fraction of sp³-hybridized carbons (Fsp3) is 0.885. The van der Waals surface area contributed by atoms with Crippen LogP contribution in [0.3, 0.4) is 0 Å². The molecule has 0 radical (unpaired) electrons. The van der Waals surface area contributed by atoms with Crippen molar-refractivity contribution in [2.75, 3.05) is 120 Å². The van der Waals surface area contributed by atoms with Crippen LogP contribution in [0.1, 0.15) is 32.6 Å². The monoisotopic (exact) mass is 551 g/mol. The lowest BCUT2D eigenvalue weighted by molar-refractivity contribution is -0.889. The average Bonchev–Trinajstić information content (AvgIpc) is 2.88. The summed E-state index contributed by atoms with van der Waals surface area (Å²) in [6.45, 7) is 8.77. The van der Waals surface area contributed by atoms with Gasteiger partial charge in [-0.05, 0) is 12.8 Å². The first-order valence-corrected chi connectivity index (χ1v) is 13.4. The highest BCUT2D eigenvalue weighted by atomic mass is 16.5. The predicted octanol–water partition coefficient (Wildman–Crippen LogP) is 0.601. The SMILES string of the molecule is CCCOCCOCC(=O)CCCOCCOCC(=O)NCC[N+](C)(C)CCOCCOCCC(=O)OC. The number of quaternary nitrogens is 1. The van der Waals surface area contributed by atoms with E-state index in [-0.39, 0.29) is 37.3 Å². The van der Waals surface area contributed by atoms with Gasteiger partial charge in [0.1, 0.15) is 19.8 Å². The number of ketones is 1. The summed E-state index contributed by atoms with van der Waals surface area (Å²) in [7, 11) is 5.49. The van der Waals surface area contributed by atoms with E-state index in [4.69, 9.17) is 28.4 Å². The van der Waals surface area contributed by atoms with Gasteiger partial charge in [-0.15, -0.1) is 0 Å². The first-order valence-electron chi connectivity index (χ1n) is 13.4. The number of Topliss-reactive ketones (excluding diaryl/α,β-unsaturated/α-hetero) is 1. The van der Waals surface area contributed by atoms with Gasteiger partial charge in [-0.3, -0.25) is 14.4 Å². The Labute approximate surface area is 228 Å². The summed E-state index contributed by atoms with van der Waals surface area (Å²) in [6.07, 6.45) is 2.24. The molecule has 12 nitrogen and oxygen atoms in total. The zero-order chi connectivity index (χ0) is 28.3. The van der Waals surface area contributed by atoms with E-state index >= 15 is 0 Å². The van der Waals surface area contributed by atoms with E-state index in [1.165, 1.54) is 7.11 Å². The minimum atomic E-state index is -0.291. The van der Waals surface area contributed by atoms with Crippen molar-refractivity contribution >= 4 is 17.7 Å². The predicted molar refractivity (Wildman–Crippen MR) is 141 cm³/mol. The maximum atomic E-state index is 11.9. The minimum Gasteiger partial charge on any atom is -0.469 e. The van der Waals surface area contributed by atoms with Crippen molar-refractivity contribution in [1.29, 1.82) is 0 Å². The number of likely N-dealkylation sites (N-methyl/N-ethyl adjacent to an activating group) is 1. The number of hydrogen-bond donors (Lipinski definition) is 1. The van der Waals surface area contributed by atoms with E-state index in [9.17, 15) is 14.4 Å². The van der Waals surface area contributed by atoms with Gasteiger partial charge in [-0.25, -0.2) is 0 Å². The molecule has 12 heteroatoms. The quantitative estimate of drug-likeness (QED) is 0.0839. The number of hydrogen-bond acceptors (Lipinski definition) is 10. The van der Waals surface area contributed by atoms with Crippen LogP contribution in [0.15, 0.2) is 0 Å². The maximum absolute atomic E-state index is 11.9. The molecule has 0 aliphatic carbocycles. The summed E-state index contributed by atoms with van der Waals surface area (Å²) in [4.78, 5) is 34.6. The first kappa shape index (κ1) is 36.3. The van der Waals surface area contributed by atoms with Crippen molar-refractivity contribution in [3.8, 4) is 0 Å². The third-order valence-corrected chi connectivity index (χ3v) is 5.26. The Balaban J connectivity index is 3.51. The number of nitrogens with zero attached hydrogens (tertiary/aromatic N) is 1. The molecule has 0 aromatic carbocycles. The zero-order valence-corrected chi connectivity index (χ0v) is 24.0. The van der Waals surface area contributed by atoms with Crippen molar-refractivity contribution in [3.63, 3.8) is 0 Å². The molecule has 1 amide bonds.